The zero-order valence-corrected chi connectivity index (χ0v) is 11.6. The molecule has 19 heavy (non-hydrogen) atoms. The average Bonchev–Trinajstić information content (AvgIpc) is 2.44. The third-order valence-corrected chi connectivity index (χ3v) is 3.44. The number of fused-ring (bicyclic) bond motifs is 1. The maximum absolute atomic E-state index is 12.2. The number of carbonyl (C=O) groups excluding carboxylic acids is 1. The number of aliphatic hydroxyl groups is 1. The molecule has 1 atom stereocenters. The van der Waals surface area contributed by atoms with E-state index in [1.54, 1.807) is 20.0 Å². The Morgan fingerprint density at radius 2 is 2.16 bits per heavy atom. The quantitative estimate of drug-likeness (QED) is 0.938. The third-order valence-electron chi connectivity index (χ3n) is 3.13. The van der Waals surface area contributed by atoms with E-state index in [1.165, 1.54) is 4.90 Å². The van der Waals surface area contributed by atoms with Crippen molar-refractivity contribution in [3.05, 3.63) is 41.0 Å². The lowest BCUT2D eigenvalue weighted by molar-refractivity contribution is 0.0677. The first-order valence-electron chi connectivity index (χ1n) is 5.98. The number of nitrogens with zero attached hydrogens (tertiary/aromatic N) is 2. The van der Waals surface area contributed by atoms with Crippen molar-refractivity contribution in [3.63, 3.8) is 0 Å². The molecular formula is C14H15ClN2O2. The van der Waals surface area contributed by atoms with Crippen LogP contribution < -0.4 is 0 Å². The molecule has 0 saturated heterocycles. The van der Waals surface area contributed by atoms with Gasteiger partial charge >= 0.3 is 0 Å². The number of aliphatic hydroxyl groups excluding tert-OH is 1. The van der Waals surface area contributed by atoms with E-state index >= 15 is 0 Å². The summed E-state index contributed by atoms with van der Waals surface area (Å²) < 4.78 is 0. The molecule has 0 aliphatic heterocycles. The number of halogens is 1. The van der Waals surface area contributed by atoms with Crippen LogP contribution in [0, 0.1) is 0 Å². The number of benzene rings is 1. The summed E-state index contributed by atoms with van der Waals surface area (Å²) in [6, 6.07) is 8.69. The minimum absolute atomic E-state index is 0.0937. The number of rotatable bonds is 3. The molecule has 2 aromatic rings. The van der Waals surface area contributed by atoms with E-state index in [9.17, 15) is 4.79 Å². The molecule has 0 bridgehead atoms. The van der Waals surface area contributed by atoms with Crippen LogP contribution in [0.25, 0.3) is 10.9 Å². The van der Waals surface area contributed by atoms with Crippen LogP contribution in [0.4, 0.5) is 0 Å². The Bertz CT molecular complexity index is 615. The highest BCUT2D eigenvalue weighted by Gasteiger charge is 2.19. The molecule has 100 valence electrons. The van der Waals surface area contributed by atoms with Gasteiger partial charge in [-0.15, -0.1) is 0 Å². The van der Waals surface area contributed by atoms with Gasteiger partial charge in [0.1, 0.15) is 5.69 Å². The van der Waals surface area contributed by atoms with Gasteiger partial charge < -0.3 is 10.0 Å². The van der Waals surface area contributed by atoms with Crippen LogP contribution in [0.3, 0.4) is 0 Å². The van der Waals surface area contributed by atoms with Gasteiger partial charge in [-0.25, -0.2) is 4.98 Å². The summed E-state index contributed by atoms with van der Waals surface area (Å²) in [6.07, 6.45) is 0. The Hall–Kier alpha value is -1.65. The van der Waals surface area contributed by atoms with E-state index in [1.807, 2.05) is 24.3 Å². The normalized spacial score (nSPS) is 12.4. The largest absolute Gasteiger partial charge is 0.394 e. The van der Waals surface area contributed by atoms with E-state index in [-0.39, 0.29) is 24.2 Å². The van der Waals surface area contributed by atoms with Crippen molar-refractivity contribution in [2.75, 3.05) is 13.7 Å². The molecule has 0 aliphatic rings. The molecule has 4 nitrogen and oxygen atoms in total. The first-order valence-corrected chi connectivity index (χ1v) is 6.35. The molecule has 0 saturated carbocycles. The standard InChI is InChI=1S/C14H15ClN2O2/c1-9(8-18)17(2)14(19)13-7-11(15)10-5-3-4-6-12(10)16-13/h3-7,9,18H,8H2,1-2H3. The van der Waals surface area contributed by atoms with Crippen molar-refractivity contribution in [3.8, 4) is 0 Å². The van der Waals surface area contributed by atoms with Crippen molar-refractivity contribution in [2.24, 2.45) is 0 Å². The molecule has 0 spiro atoms. The smallest absolute Gasteiger partial charge is 0.272 e. The minimum atomic E-state index is -0.264. The molecule has 1 N–H and O–H groups in total. The molecule has 1 aromatic carbocycles. The lowest BCUT2D eigenvalue weighted by Gasteiger charge is -2.22. The van der Waals surface area contributed by atoms with Crippen LogP contribution in [0.1, 0.15) is 17.4 Å². The Balaban J connectivity index is 2.43. The lowest BCUT2D eigenvalue weighted by Crippen LogP contribution is -2.37. The monoisotopic (exact) mass is 278 g/mol. The number of likely N-dealkylation sites (N-methyl/N-ethyl adjacent to an activating group) is 1. The second-order valence-corrected chi connectivity index (χ2v) is 4.86. The summed E-state index contributed by atoms with van der Waals surface area (Å²) in [5.41, 5.74) is 0.968. The van der Waals surface area contributed by atoms with Gasteiger partial charge in [-0.2, -0.15) is 0 Å². The zero-order valence-electron chi connectivity index (χ0n) is 10.8. The Morgan fingerprint density at radius 1 is 1.47 bits per heavy atom. The Morgan fingerprint density at radius 3 is 2.84 bits per heavy atom. The van der Waals surface area contributed by atoms with E-state index < -0.39 is 0 Å². The summed E-state index contributed by atoms with van der Waals surface area (Å²) in [6.45, 7) is 1.67. The van der Waals surface area contributed by atoms with Crippen molar-refractivity contribution in [2.45, 2.75) is 13.0 Å². The molecule has 1 aromatic heterocycles. The second kappa shape index (κ2) is 5.55. The van der Waals surface area contributed by atoms with Crippen molar-refractivity contribution in [1.29, 1.82) is 0 Å². The predicted molar refractivity (Wildman–Crippen MR) is 75.4 cm³/mol. The van der Waals surface area contributed by atoms with Crippen LogP contribution in [0.5, 0.6) is 0 Å². The fourth-order valence-corrected chi connectivity index (χ4v) is 2.01. The van der Waals surface area contributed by atoms with Gasteiger partial charge in [0.05, 0.1) is 23.2 Å². The van der Waals surface area contributed by atoms with Crippen molar-refractivity contribution < 1.29 is 9.90 Å². The molecule has 1 unspecified atom stereocenters. The zero-order chi connectivity index (χ0) is 14.0. The average molecular weight is 279 g/mol. The second-order valence-electron chi connectivity index (χ2n) is 4.45. The highest BCUT2D eigenvalue weighted by molar-refractivity contribution is 6.35. The van der Waals surface area contributed by atoms with Crippen LogP contribution in [0.15, 0.2) is 30.3 Å². The minimum Gasteiger partial charge on any atom is -0.394 e. The highest BCUT2D eigenvalue weighted by atomic mass is 35.5. The maximum Gasteiger partial charge on any atom is 0.272 e. The van der Waals surface area contributed by atoms with Gasteiger partial charge in [-0.3, -0.25) is 4.79 Å². The summed E-state index contributed by atoms with van der Waals surface area (Å²) >= 11 is 6.16. The number of hydrogen-bond donors (Lipinski definition) is 1. The summed E-state index contributed by atoms with van der Waals surface area (Å²) in [7, 11) is 1.63. The Labute approximate surface area is 116 Å². The molecule has 0 aliphatic carbocycles. The fourth-order valence-electron chi connectivity index (χ4n) is 1.75. The topological polar surface area (TPSA) is 53.4 Å². The predicted octanol–water partition coefficient (Wildman–Crippen LogP) is 2.34. The first kappa shape index (κ1) is 13.8. The number of aromatic nitrogens is 1. The number of para-hydroxylation sites is 1. The molecular weight excluding hydrogens is 264 g/mol. The van der Waals surface area contributed by atoms with Gasteiger partial charge in [-0.1, -0.05) is 29.8 Å². The Kier molecular flexibility index (Phi) is 4.02. The van der Waals surface area contributed by atoms with Gasteiger partial charge in [0, 0.05) is 12.4 Å². The molecule has 1 amide bonds. The first-order chi connectivity index (χ1) is 9.04. The number of amides is 1. The SMILES string of the molecule is CC(CO)N(C)C(=O)c1cc(Cl)c2ccccc2n1. The third kappa shape index (κ3) is 2.69. The molecule has 1 heterocycles. The van der Waals surface area contributed by atoms with E-state index in [0.29, 0.717) is 10.5 Å². The van der Waals surface area contributed by atoms with Gasteiger partial charge in [0.2, 0.25) is 0 Å². The van der Waals surface area contributed by atoms with Crippen LogP contribution in [-0.4, -0.2) is 40.6 Å². The number of carbonyl (C=O) groups is 1. The molecule has 2 rings (SSSR count). The van der Waals surface area contributed by atoms with E-state index in [2.05, 4.69) is 4.98 Å². The van der Waals surface area contributed by atoms with E-state index in [0.717, 1.165) is 5.39 Å². The summed E-state index contributed by atoms with van der Waals surface area (Å²) in [5.74, 6) is -0.255. The van der Waals surface area contributed by atoms with Crippen LogP contribution in [-0.2, 0) is 0 Å². The fraction of sp³-hybridized carbons (Fsp3) is 0.286. The summed E-state index contributed by atoms with van der Waals surface area (Å²) in [5, 5.41) is 10.4. The number of hydrogen-bond acceptors (Lipinski definition) is 3. The summed E-state index contributed by atoms with van der Waals surface area (Å²) in [4.78, 5) is 18.0. The lowest BCUT2D eigenvalue weighted by atomic mass is 10.2. The van der Waals surface area contributed by atoms with E-state index in [4.69, 9.17) is 16.7 Å². The van der Waals surface area contributed by atoms with Gasteiger partial charge in [0.15, 0.2) is 0 Å². The van der Waals surface area contributed by atoms with Crippen LogP contribution in [0.2, 0.25) is 5.02 Å². The van der Waals surface area contributed by atoms with Crippen molar-refractivity contribution >= 4 is 28.4 Å². The maximum atomic E-state index is 12.2. The van der Waals surface area contributed by atoms with Gasteiger partial charge in [-0.05, 0) is 19.1 Å². The molecule has 0 fully saturated rings. The number of pyridine rings is 1. The molecule has 0 radical (unpaired) electrons. The van der Waals surface area contributed by atoms with Crippen LogP contribution >= 0.6 is 11.6 Å². The molecule has 5 heteroatoms. The van der Waals surface area contributed by atoms with Crippen molar-refractivity contribution in [1.82, 2.24) is 9.88 Å². The van der Waals surface area contributed by atoms with Gasteiger partial charge in [0.25, 0.3) is 5.91 Å². The highest BCUT2D eigenvalue weighted by Crippen LogP contribution is 2.23.